The number of halogens is 3. The Morgan fingerprint density at radius 1 is 1.06 bits per heavy atom. The van der Waals surface area contributed by atoms with Crippen LogP contribution in [0.4, 0.5) is 13.2 Å². The average Bonchev–Trinajstić information content (AvgIpc) is 2.77. The molecule has 0 spiro atoms. The van der Waals surface area contributed by atoms with Gasteiger partial charge in [0.05, 0.1) is 16.9 Å². The van der Waals surface area contributed by atoms with E-state index in [4.69, 9.17) is 4.74 Å². The van der Waals surface area contributed by atoms with Gasteiger partial charge in [-0.2, -0.15) is 18.3 Å². The van der Waals surface area contributed by atoms with Gasteiger partial charge in [-0.3, -0.25) is 14.0 Å². The van der Waals surface area contributed by atoms with Gasteiger partial charge in [0.25, 0.3) is 5.56 Å². The van der Waals surface area contributed by atoms with Gasteiger partial charge in [0.15, 0.2) is 0 Å². The van der Waals surface area contributed by atoms with E-state index in [9.17, 15) is 27.6 Å². The van der Waals surface area contributed by atoms with Crippen LogP contribution >= 0.6 is 0 Å². The third-order valence-electron chi connectivity index (χ3n) is 4.95. The van der Waals surface area contributed by atoms with Crippen LogP contribution in [0.1, 0.15) is 33.0 Å². The molecule has 0 unspecified atom stereocenters. The van der Waals surface area contributed by atoms with Crippen LogP contribution in [-0.2, 0) is 17.5 Å². The first-order chi connectivity index (χ1) is 16.0. The summed E-state index contributed by atoms with van der Waals surface area (Å²) in [5.74, 6) is -1.10. The van der Waals surface area contributed by atoms with Crippen molar-refractivity contribution >= 4 is 11.6 Å². The van der Waals surface area contributed by atoms with Gasteiger partial charge in [0.2, 0.25) is 11.1 Å². The number of hydrogen-bond acceptors (Lipinski definition) is 6. The highest BCUT2D eigenvalue weighted by Gasteiger charge is 2.30. The molecule has 3 aromatic heterocycles. The molecular weight excluding hydrogens is 453 g/mol. The number of pyridine rings is 1. The first kappa shape index (κ1) is 22.9. The lowest BCUT2D eigenvalue weighted by Gasteiger charge is -2.13. The lowest BCUT2D eigenvalue weighted by Crippen LogP contribution is -2.24. The van der Waals surface area contributed by atoms with Crippen LogP contribution in [0.15, 0.2) is 64.3 Å². The van der Waals surface area contributed by atoms with Gasteiger partial charge in [-0.05, 0) is 49.7 Å². The van der Waals surface area contributed by atoms with Crippen molar-refractivity contribution < 1.29 is 22.7 Å². The van der Waals surface area contributed by atoms with Crippen molar-refractivity contribution in [1.29, 1.82) is 0 Å². The summed E-state index contributed by atoms with van der Waals surface area (Å²) < 4.78 is 46.8. The van der Waals surface area contributed by atoms with Crippen LogP contribution in [-0.4, -0.2) is 25.1 Å². The van der Waals surface area contributed by atoms with Gasteiger partial charge >= 0.3 is 12.1 Å². The lowest BCUT2D eigenvalue weighted by atomic mass is 10.2. The molecule has 4 aromatic rings. The number of benzene rings is 1. The molecule has 0 N–H and O–H groups in total. The Bertz CT molecular complexity index is 1540. The Morgan fingerprint density at radius 2 is 1.82 bits per heavy atom. The fourth-order valence-corrected chi connectivity index (χ4v) is 3.30. The maximum Gasteiger partial charge on any atom is 0.416 e. The number of ether oxygens (including phenoxy) is 1. The standard InChI is InChI=1S/C23H17F3N4O4/c1-13-6-7-29-19(8-13)27-16(11-20(29)32)12-34-22(33)21-18(31)9-14(2)30(28-21)17-5-3-4-15(10-17)23(24,25)26/h3-11H,12H2,1-2H3. The van der Waals surface area contributed by atoms with E-state index in [1.165, 1.54) is 29.5 Å². The average molecular weight is 470 g/mol. The third kappa shape index (κ3) is 4.58. The third-order valence-corrected chi connectivity index (χ3v) is 4.95. The Labute approximate surface area is 189 Å². The number of rotatable bonds is 4. The molecule has 1 aromatic carbocycles. The van der Waals surface area contributed by atoms with Gasteiger partial charge in [-0.15, -0.1) is 0 Å². The van der Waals surface area contributed by atoms with Gasteiger partial charge < -0.3 is 4.74 Å². The molecule has 4 rings (SSSR count). The fraction of sp³-hybridized carbons (Fsp3) is 0.174. The van der Waals surface area contributed by atoms with Crippen molar-refractivity contribution in [1.82, 2.24) is 19.2 Å². The predicted molar refractivity (Wildman–Crippen MR) is 115 cm³/mol. The molecule has 0 fully saturated rings. The second-order valence-electron chi connectivity index (χ2n) is 7.55. The number of alkyl halides is 3. The van der Waals surface area contributed by atoms with Crippen LogP contribution in [0.25, 0.3) is 11.3 Å². The minimum absolute atomic E-state index is 0.0148. The number of nitrogens with zero attached hydrogens (tertiary/aromatic N) is 4. The molecule has 0 saturated heterocycles. The molecule has 0 saturated carbocycles. The smallest absolute Gasteiger partial charge is 0.416 e. The molecule has 11 heteroatoms. The fourth-order valence-electron chi connectivity index (χ4n) is 3.30. The Kier molecular flexibility index (Phi) is 5.78. The topological polar surface area (TPSA) is 95.6 Å². The summed E-state index contributed by atoms with van der Waals surface area (Å²) >= 11 is 0. The molecule has 0 aliphatic rings. The van der Waals surface area contributed by atoms with Gasteiger partial charge in [0, 0.05) is 24.0 Å². The van der Waals surface area contributed by atoms with Crippen molar-refractivity contribution in [3.8, 4) is 5.69 Å². The molecule has 0 radical (unpaired) electrons. The van der Waals surface area contributed by atoms with E-state index in [1.54, 1.807) is 18.3 Å². The van der Waals surface area contributed by atoms with Crippen molar-refractivity contribution in [3.05, 3.63) is 104 Å². The Hall–Kier alpha value is -4.28. The first-order valence-electron chi connectivity index (χ1n) is 9.97. The summed E-state index contributed by atoms with van der Waals surface area (Å²) in [7, 11) is 0. The molecule has 0 bridgehead atoms. The quantitative estimate of drug-likeness (QED) is 0.425. The molecule has 0 aliphatic heterocycles. The largest absolute Gasteiger partial charge is 0.454 e. The summed E-state index contributed by atoms with van der Waals surface area (Å²) in [6.45, 7) is 2.90. The van der Waals surface area contributed by atoms with E-state index in [0.29, 0.717) is 5.65 Å². The summed E-state index contributed by atoms with van der Waals surface area (Å²) in [5, 5.41) is 3.93. The molecule has 0 atom stereocenters. The van der Waals surface area contributed by atoms with Gasteiger partial charge in [-0.25, -0.2) is 14.5 Å². The summed E-state index contributed by atoms with van der Waals surface area (Å²) in [6, 6.07) is 10.0. The number of carbonyl (C=O) groups is 1. The summed E-state index contributed by atoms with van der Waals surface area (Å²) in [5.41, 5.74) is -1.02. The van der Waals surface area contributed by atoms with Crippen molar-refractivity contribution in [2.75, 3.05) is 0 Å². The number of aryl methyl sites for hydroxylation is 2. The maximum absolute atomic E-state index is 13.1. The Morgan fingerprint density at radius 3 is 2.56 bits per heavy atom. The number of aromatic nitrogens is 4. The highest BCUT2D eigenvalue weighted by Crippen LogP contribution is 2.30. The minimum Gasteiger partial charge on any atom is -0.454 e. The Balaban J connectivity index is 1.63. The lowest BCUT2D eigenvalue weighted by molar-refractivity contribution is -0.137. The van der Waals surface area contributed by atoms with E-state index in [1.807, 2.05) is 6.92 Å². The zero-order chi connectivity index (χ0) is 24.6. The highest BCUT2D eigenvalue weighted by atomic mass is 19.4. The van der Waals surface area contributed by atoms with Gasteiger partial charge in [-0.1, -0.05) is 6.07 Å². The monoisotopic (exact) mass is 470 g/mol. The minimum atomic E-state index is -4.57. The van der Waals surface area contributed by atoms with Crippen molar-refractivity contribution in [2.45, 2.75) is 26.6 Å². The number of carbonyl (C=O) groups excluding carboxylic acids is 1. The summed E-state index contributed by atoms with van der Waals surface area (Å²) in [6.07, 6.45) is -3.00. The highest BCUT2D eigenvalue weighted by molar-refractivity contribution is 5.86. The number of fused-ring (bicyclic) bond motifs is 1. The van der Waals surface area contributed by atoms with Crippen LogP contribution in [0.3, 0.4) is 0 Å². The first-order valence-corrected chi connectivity index (χ1v) is 9.97. The van der Waals surface area contributed by atoms with Crippen molar-refractivity contribution in [2.24, 2.45) is 0 Å². The van der Waals surface area contributed by atoms with E-state index >= 15 is 0 Å². The molecule has 3 heterocycles. The van der Waals surface area contributed by atoms with E-state index in [0.717, 1.165) is 28.4 Å². The van der Waals surface area contributed by atoms with Crippen LogP contribution in [0.5, 0.6) is 0 Å². The second-order valence-corrected chi connectivity index (χ2v) is 7.55. The zero-order valence-electron chi connectivity index (χ0n) is 18.0. The normalized spacial score (nSPS) is 11.6. The second kappa shape index (κ2) is 8.58. The molecule has 174 valence electrons. The van der Waals surface area contributed by atoms with E-state index in [-0.39, 0.29) is 22.6 Å². The van der Waals surface area contributed by atoms with Crippen LogP contribution < -0.4 is 11.0 Å². The molecule has 8 nitrogen and oxygen atoms in total. The van der Waals surface area contributed by atoms with E-state index in [2.05, 4.69) is 10.1 Å². The number of esters is 1. The van der Waals surface area contributed by atoms with Gasteiger partial charge in [0.1, 0.15) is 12.3 Å². The molecular formula is C23H17F3N4O4. The number of hydrogen-bond donors (Lipinski definition) is 0. The van der Waals surface area contributed by atoms with E-state index < -0.39 is 35.4 Å². The SMILES string of the molecule is Cc1ccn2c(=O)cc(COC(=O)c3nn(-c4cccc(C(F)(F)F)c4)c(C)cc3=O)nc2c1. The summed E-state index contributed by atoms with van der Waals surface area (Å²) in [4.78, 5) is 41.4. The zero-order valence-corrected chi connectivity index (χ0v) is 18.0. The molecule has 0 aliphatic carbocycles. The van der Waals surface area contributed by atoms with Crippen molar-refractivity contribution in [3.63, 3.8) is 0 Å². The maximum atomic E-state index is 13.1. The predicted octanol–water partition coefficient (Wildman–Crippen LogP) is 3.23. The van der Waals surface area contributed by atoms with Crippen LogP contribution in [0, 0.1) is 13.8 Å². The molecule has 34 heavy (non-hydrogen) atoms. The molecule has 0 amide bonds. The van der Waals surface area contributed by atoms with Crippen LogP contribution in [0.2, 0.25) is 0 Å².